The Labute approximate surface area is 280 Å². The van der Waals surface area contributed by atoms with Gasteiger partial charge in [0.05, 0.1) is 11.5 Å². The Kier molecular flexibility index (Phi) is 6.04. The highest BCUT2D eigenvalue weighted by Gasteiger charge is 2.48. The molecule has 10 rings (SSSR count). The molecule has 6 aromatic carbocycles. The number of para-hydroxylation sites is 3. The van der Waals surface area contributed by atoms with Crippen LogP contribution in [0.5, 0.6) is 0 Å². The molecule has 7 aromatic rings. The van der Waals surface area contributed by atoms with Crippen LogP contribution in [0.3, 0.4) is 0 Å². The Morgan fingerprint density at radius 1 is 0.646 bits per heavy atom. The van der Waals surface area contributed by atoms with E-state index < -0.39 is 5.41 Å². The minimum Gasteiger partial charge on any atom is -0.661 e. The average Bonchev–Trinajstić information content (AvgIpc) is 3.66. The highest BCUT2D eigenvalue weighted by atomic mass is 15.3. The third-order valence-corrected chi connectivity index (χ3v) is 10.8. The van der Waals surface area contributed by atoms with Crippen molar-refractivity contribution in [1.29, 1.82) is 0 Å². The van der Waals surface area contributed by atoms with Crippen molar-refractivity contribution < 1.29 is 0 Å². The van der Waals surface area contributed by atoms with Gasteiger partial charge in [0.15, 0.2) is 0 Å². The summed E-state index contributed by atoms with van der Waals surface area (Å²) < 4.78 is 2.51. The van der Waals surface area contributed by atoms with Crippen LogP contribution in [0.4, 0.5) is 11.4 Å². The second-order valence-electron chi connectivity index (χ2n) is 13.2. The lowest BCUT2D eigenvalue weighted by Gasteiger charge is -2.48. The summed E-state index contributed by atoms with van der Waals surface area (Å²) >= 11 is 0. The van der Waals surface area contributed by atoms with Gasteiger partial charge >= 0.3 is 0 Å². The molecule has 3 nitrogen and oxygen atoms in total. The van der Waals surface area contributed by atoms with Crippen LogP contribution in [0.1, 0.15) is 52.9 Å². The largest absolute Gasteiger partial charge is 0.661 e. The molecule has 1 aromatic heterocycles. The summed E-state index contributed by atoms with van der Waals surface area (Å²) in [5, 5.41) is 12.0. The molecule has 3 heteroatoms. The van der Waals surface area contributed by atoms with Gasteiger partial charge in [0, 0.05) is 27.5 Å². The number of benzene rings is 6. The zero-order chi connectivity index (χ0) is 31.7. The van der Waals surface area contributed by atoms with E-state index >= 15 is 0 Å². The van der Waals surface area contributed by atoms with E-state index in [1.807, 2.05) is 0 Å². The molecule has 2 aliphatic carbocycles. The van der Waals surface area contributed by atoms with Gasteiger partial charge in [-0.1, -0.05) is 146 Å². The third-order valence-electron chi connectivity index (χ3n) is 10.8. The van der Waals surface area contributed by atoms with Crippen molar-refractivity contribution >= 4 is 38.8 Å². The lowest BCUT2D eigenvalue weighted by molar-refractivity contribution is 0.530. The molecule has 0 fully saturated rings. The van der Waals surface area contributed by atoms with Gasteiger partial charge in [-0.05, 0) is 76.2 Å². The minimum atomic E-state index is -0.399. The van der Waals surface area contributed by atoms with Crippen molar-refractivity contribution in [3.05, 3.63) is 203 Å². The summed E-state index contributed by atoms with van der Waals surface area (Å²) in [5.41, 5.74) is 13.6. The van der Waals surface area contributed by atoms with E-state index in [9.17, 15) is 0 Å². The van der Waals surface area contributed by atoms with Gasteiger partial charge in [-0.15, -0.1) is 5.69 Å². The molecule has 0 spiro atoms. The normalized spacial score (nSPS) is 19.0. The molecule has 1 N–H and O–H groups in total. The first-order valence-electron chi connectivity index (χ1n) is 17.0. The van der Waals surface area contributed by atoms with Crippen LogP contribution >= 0.6 is 0 Å². The number of rotatable bonds is 4. The number of allylic oxidation sites excluding steroid dienone is 4. The van der Waals surface area contributed by atoms with Crippen LogP contribution in [0.2, 0.25) is 0 Å². The van der Waals surface area contributed by atoms with Gasteiger partial charge in [-0.3, -0.25) is 0 Å². The maximum Gasteiger partial charge on any atom is 0.0710 e. The molecule has 230 valence electrons. The van der Waals surface area contributed by atoms with E-state index in [0.717, 1.165) is 24.2 Å². The summed E-state index contributed by atoms with van der Waals surface area (Å²) in [4.78, 5) is 0. The van der Waals surface area contributed by atoms with Crippen molar-refractivity contribution in [3.8, 4) is 0 Å². The fourth-order valence-corrected chi connectivity index (χ4v) is 8.88. The highest BCUT2D eigenvalue weighted by molar-refractivity contribution is 6.16. The Morgan fingerprint density at radius 2 is 1.31 bits per heavy atom. The lowest BCUT2D eigenvalue weighted by atomic mass is 9.66. The highest BCUT2D eigenvalue weighted by Crippen LogP contribution is 2.60. The lowest BCUT2D eigenvalue weighted by Crippen LogP contribution is -2.29. The molecular formula is C45H34N3-. The Hall–Kier alpha value is -5.80. The Morgan fingerprint density at radius 3 is 2.08 bits per heavy atom. The first-order valence-corrected chi connectivity index (χ1v) is 17.0. The van der Waals surface area contributed by atoms with Crippen molar-refractivity contribution in [2.75, 3.05) is 5.32 Å². The number of anilines is 1. The van der Waals surface area contributed by atoms with Crippen LogP contribution < -0.4 is 5.32 Å². The van der Waals surface area contributed by atoms with Crippen molar-refractivity contribution in [2.24, 2.45) is 0 Å². The molecular weight excluding hydrogens is 583 g/mol. The van der Waals surface area contributed by atoms with Gasteiger partial charge in [0.25, 0.3) is 0 Å². The maximum atomic E-state index is 5.52. The number of hydrogen-bond acceptors (Lipinski definition) is 1. The zero-order valence-corrected chi connectivity index (χ0v) is 26.6. The molecule has 0 amide bonds. The van der Waals surface area contributed by atoms with E-state index in [0.29, 0.717) is 0 Å². The van der Waals surface area contributed by atoms with Gasteiger partial charge in [-0.25, -0.2) is 0 Å². The molecule has 0 saturated carbocycles. The summed E-state index contributed by atoms with van der Waals surface area (Å²) in [5.74, 6) is 0. The predicted octanol–water partition coefficient (Wildman–Crippen LogP) is 11.6. The molecule has 2 unspecified atom stereocenters. The van der Waals surface area contributed by atoms with E-state index in [4.69, 9.17) is 5.32 Å². The summed E-state index contributed by atoms with van der Waals surface area (Å²) in [6.07, 6.45) is 6.68. The molecule has 2 heterocycles. The fraction of sp³-hybridized carbons (Fsp3) is 0.111. The zero-order valence-electron chi connectivity index (χ0n) is 26.6. The topological polar surface area (TPSA) is 31.1 Å². The summed E-state index contributed by atoms with van der Waals surface area (Å²) in [6.45, 7) is 0. The number of aromatic nitrogens is 1. The number of nitrogens with zero attached hydrogens (tertiary/aromatic N) is 2. The van der Waals surface area contributed by atoms with Crippen molar-refractivity contribution in [2.45, 2.75) is 30.5 Å². The molecule has 48 heavy (non-hydrogen) atoms. The number of nitrogens with one attached hydrogen (secondary N) is 1. The van der Waals surface area contributed by atoms with Gasteiger partial charge < -0.3 is 15.2 Å². The maximum absolute atomic E-state index is 5.52. The van der Waals surface area contributed by atoms with E-state index in [2.05, 4.69) is 174 Å². The fourth-order valence-electron chi connectivity index (χ4n) is 8.88. The molecule has 0 bridgehead atoms. The van der Waals surface area contributed by atoms with Crippen LogP contribution in [0.25, 0.3) is 32.7 Å². The van der Waals surface area contributed by atoms with E-state index in [1.54, 1.807) is 0 Å². The molecule has 3 aliphatic rings. The number of hydrogen-bond donors (Lipinski definition) is 1. The average molecular weight is 617 g/mol. The molecule has 2 atom stereocenters. The van der Waals surface area contributed by atoms with Crippen LogP contribution in [0.15, 0.2) is 169 Å². The SMILES string of the molecule is C1=CC2=C(CC1)c1c(ccc3c1c1ccccc1n3C1[N-]c3ccccc3NC1c1ccccc1)C2(c1ccccc1)c1ccccc1. The van der Waals surface area contributed by atoms with Crippen LogP contribution in [-0.4, -0.2) is 4.57 Å². The Bertz CT molecular complexity index is 2360. The van der Waals surface area contributed by atoms with Crippen LogP contribution in [-0.2, 0) is 5.41 Å². The second kappa shape index (κ2) is 10.6. The quantitative estimate of drug-likeness (QED) is 0.210. The monoisotopic (exact) mass is 616 g/mol. The predicted molar refractivity (Wildman–Crippen MR) is 199 cm³/mol. The van der Waals surface area contributed by atoms with Gasteiger partial charge in [-0.2, -0.15) is 0 Å². The molecule has 1 aliphatic heterocycles. The van der Waals surface area contributed by atoms with E-state index in [1.165, 1.54) is 60.8 Å². The van der Waals surface area contributed by atoms with Crippen molar-refractivity contribution in [3.63, 3.8) is 0 Å². The summed E-state index contributed by atoms with van der Waals surface area (Å²) in [6, 6.07) is 55.3. The Balaban J connectivity index is 1.30. The van der Waals surface area contributed by atoms with Gasteiger partial charge in [0.2, 0.25) is 0 Å². The minimum absolute atomic E-state index is 0.0338. The number of fused-ring (bicyclic) bond motifs is 7. The first kappa shape index (κ1) is 27.3. The molecule has 0 saturated heterocycles. The molecule has 0 radical (unpaired) electrons. The summed E-state index contributed by atoms with van der Waals surface area (Å²) in [7, 11) is 0. The first-order chi connectivity index (χ1) is 23.8. The smallest absolute Gasteiger partial charge is 0.0710 e. The van der Waals surface area contributed by atoms with Crippen molar-refractivity contribution in [1.82, 2.24) is 4.57 Å². The standard InChI is InChI=1S/C45H34N3/c1-4-16-30(17-5-1)43-44(47-38-26-14-13-25-37(38)46-43)48-39-27-15-11-23-34(39)42-40(48)29-28-36-41(42)33-22-10-12-24-35(33)45(36,31-18-6-2-7-19-31)32-20-8-3-9-21-32/h1-9,11-21,23-29,43-44,46H,10,22H2/q-1. The van der Waals surface area contributed by atoms with E-state index in [-0.39, 0.29) is 12.2 Å². The second-order valence-corrected chi connectivity index (χ2v) is 13.2. The van der Waals surface area contributed by atoms with Gasteiger partial charge in [0.1, 0.15) is 0 Å². The third kappa shape index (κ3) is 3.76. The van der Waals surface area contributed by atoms with Crippen LogP contribution in [0, 0.1) is 0 Å².